The number of fused-ring (bicyclic) bond motifs is 1. The first-order chi connectivity index (χ1) is 8.66. The molecule has 0 aromatic carbocycles. The van der Waals surface area contributed by atoms with E-state index in [2.05, 4.69) is 9.97 Å². The van der Waals surface area contributed by atoms with E-state index in [4.69, 9.17) is 9.84 Å². The Kier molecular flexibility index (Phi) is 3.86. The number of ketones is 1. The van der Waals surface area contributed by atoms with Gasteiger partial charge < -0.3 is 9.84 Å². The van der Waals surface area contributed by atoms with Crippen LogP contribution >= 0.6 is 0 Å². The highest BCUT2D eigenvalue weighted by molar-refractivity contribution is 5.96. The van der Waals surface area contributed by atoms with Crippen molar-refractivity contribution in [2.45, 2.75) is 32.1 Å². The number of hydrogen-bond donors (Lipinski definition) is 1. The number of aryl methyl sites for hydroxylation is 1. The smallest absolute Gasteiger partial charge is 0.303 e. The highest BCUT2D eigenvalue weighted by atomic mass is 16.5. The Hall–Kier alpha value is -1.98. The molecular formula is C12H14N2O4. The van der Waals surface area contributed by atoms with Gasteiger partial charge >= 0.3 is 5.97 Å². The summed E-state index contributed by atoms with van der Waals surface area (Å²) in [7, 11) is 0. The summed E-state index contributed by atoms with van der Waals surface area (Å²) in [5.41, 5.74) is 1.13. The second-order valence-corrected chi connectivity index (χ2v) is 4.13. The number of carboxylic acids is 1. The average molecular weight is 250 g/mol. The summed E-state index contributed by atoms with van der Waals surface area (Å²) in [5.74, 6) is -0.462. The van der Waals surface area contributed by atoms with E-state index in [-0.39, 0.29) is 18.8 Å². The van der Waals surface area contributed by atoms with E-state index in [1.807, 2.05) is 0 Å². The highest BCUT2D eigenvalue weighted by Gasteiger charge is 2.20. The first-order valence-electron chi connectivity index (χ1n) is 5.90. The summed E-state index contributed by atoms with van der Waals surface area (Å²) in [4.78, 5) is 30.1. The number of Topliss-reactive ketones (excluding diaryl/α,β-unsaturated/α-hetero) is 1. The number of aliphatic carboxylic acids is 1. The van der Waals surface area contributed by atoms with Crippen molar-refractivity contribution in [3.05, 3.63) is 17.6 Å². The Bertz CT molecular complexity index is 473. The van der Waals surface area contributed by atoms with Crippen molar-refractivity contribution in [3.63, 3.8) is 0 Å². The normalized spacial score (nSPS) is 14.1. The maximum absolute atomic E-state index is 11.5. The van der Waals surface area contributed by atoms with Gasteiger partial charge in [-0.05, 0) is 19.3 Å². The molecule has 18 heavy (non-hydrogen) atoms. The molecule has 0 atom stereocenters. The van der Waals surface area contributed by atoms with Gasteiger partial charge in [0.1, 0.15) is 5.69 Å². The molecule has 0 unspecified atom stereocenters. The van der Waals surface area contributed by atoms with Gasteiger partial charge in [0.05, 0.1) is 18.5 Å². The van der Waals surface area contributed by atoms with Crippen molar-refractivity contribution < 1.29 is 19.4 Å². The van der Waals surface area contributed by atoms with Crippen LogP contribution in [0.2, 0.25) is 0 Å². The van der Waals surface area contributed by atoms with Crippen molar-refractivity contribution >= 4 is 11.8 Å². The van der Waals surface area contributed by atoms with E-state index in [1.165, 1.54) is 6.20 Å². The monoisotopic (exact) mass is 250 g/mol. The zero-order valence-electron chi connectivity index (χ0n) is 9.89. The molecular weight excluding hydrogens is 236 g/mol. The van der Waals surface area contributed by atoms with Crippen LogP contribution in [0.25, 0.3) is 0 Å². The van der Waals surface area contributed by atoms with Crippen LogP contribution < -0.4 is 4.74 Å². The van der Waals surface area contributed by atoms with Gasteiger partial charge in [-0.15, -0.1) is 0 Å². The maximum Gasteiger partial charge on any atom is 0.303 e. The quantitative estimate of drug-likeness (QED) is 0.791. The zero-order valence-corrected chi connectivity index (χ0v) is 9.89. The number of hydrogen-bond acceptors (Lipinski definition) is 5. The van der Waals surface area contributed by atoms with Crippen LogP contribution in [0.3, 0.4) is 0 Å². The lowest BCUT2D eigenvalue weighted by Crippen LogP contribution is -2.15. The number of nitrogens with zero attached hydrogens (tertiary/aromatic N) is 2. The molecule has 6 nitrogen and oxygen atoms in total. The van der Waals surface area contributed by atoms with Gasteiger partial charge in [-0.25, -0.2) is 9.97 Å². The Labute approximate surface area is 104 Å². The number of carboxylic acid groups (broad SMARTS) is 1. The topological polar surface area (TPSA) is 89.4 Å². The second-order valence-electron chi connectivity index (χ2n) is 4.13. The summed E-state index contributed by atoms with van der Waals surface area (Å²) in [6, 6.07) is 0. The third kappa shape index (κ3) is 3.03. The Balaban J connectivity index is 1.94. The Morgan fingerprint density at radius 1 is 1.44 bits per heavy atom. The van der Waals surface area contributed by atoms with Crippen molar-refractivity contribution in [1.82, 2.24) is 9.97 Å². The van der Waals surface area contributed by atoms with Gasteiger partial charge in [-0.1, -0.05) is 0 Å². The van der Waals surface area contributed by atoms with Crippen LogP contribution in [0.5, 0.6) is 5.88 Å². The fourth-order valence-electron chi connectivity index (χ4n) is 1.82. The molecule has 1 aromatic rings. The number of ether oxygens (including phenoxy) is 1. The van der Waals surface area contributed by atoms with E-state index >= 15 is 0 Å². The van der Waals surface area contributed by atoms with Crippen molar-refractivity contribution in [1.29, 1.82) is 0 Å². The van der Waals surface area contributed by atoms with Gasteiger partial charge in [-0.3, -0.25) is 9.59 Å². The molecule has 0 radical (unpaired) electrons. The van der Waals surface area contributed by atoms with Crippen molar-refractivity contribution in [2.75, 3.05) is 6.61 Å². The van der Waals surface area contributed by atoms with Crippen LogP contribution in [0.1, 0.15) is 41.9 Å². The average Bonchev–Trinajstić information content (AvgIpc) is 2.35. The summed E-state index contributed by atoms with van der Waals surface area (Å²) in [6.07, 6.45) is 3.97. The van der Waals surface area contributed by atoms with Crippen molar-refractivity contribution in [3.8, 4) is 5.88 Å². The van der Waals surface area contributed by atoms with Crippen LogP contribution in [-0.4, -0.2) is 33.4 Å². The number of carbonyl (C=O) groups is 2. The maximum atomic E-state index is 11.5. The number of rotatable bonds is 5. The van der Waals surface area contributed by atoms with E-state index in [1.54, 1.807) is 0 Å². The van der Waals surface area contributed by atoms with E-state index in [0.29, 0.717) is 30.1 Å². The van der Waals surface area contributed by atoms with Gasteiger partial charge in [0.25, 0.3) is 0 Å². The molecule has 1 aliphatic carbocycles. The fraction of sp³-hybridized carbons (Fsp3) is 0.500. The Morgan fingerprint density at radius 2 is 2.28 bits per heavy atom. The third-order valence-electron chi connectivity index (χ3n) is 2.69. The molecule has 1 N–H and O–H groups in total. The highest BCUT2D eigenvalue weighted by Crippen LogP contribution is 2.19. The minimum atomic E-state index is -0.847. The first kappa shape index (κ1) is 12.5. The summed E-state index contributed by atoms with van der Waals surface area (Å²) < 4.78 is 5.31. The zero-order chi connectivity index (χ0) is 13.0. The van der Waals surface area contributed by atoms with Gasteiger partial charge in [0.2, 0.25) is 5.88 Å². The van der Waals surface area contributed by atoms with Crippen LogP contribution in [-0.2, 0) is 11.2 Å². The molecule has 0 aliphatic heterocycles. The number of carbonyl (C=O) groups excluding carboxylic acids is 1. The van der Waals surface area contributed by atoms with E-state index in [0.717, 1.165) is 12.8 Å². The van der Waals surface area contributed by atoms with Gasteiger partial charge in [0, 0.05) is 12.8 Å². The fourth-order valence-corrected chi connectivity index (χ4v) is 1.82. The van der Waals surface area contributed by atoms with Crippen LogP contribution in [0.4, 0.5) is 0 Å². The molecule has 0 saturated heterocycles. The van der Waals surface area contributed by atoms with Gasteiger partial charge in [-0.2, -0.15) is 0 Å². The van der Waals surface area contributed by atoms with E-state index in [9.17, 15) is 9.59 Å². The predicted molar refractivity (Wildman–Crippen MR) is 61.7 cm³/mol. The van der Waals surface area contributed by atoms with Crippen LogP contribution in [0.15, 0.2) is 6.20 Å². The third-order valence-corrected chi connectivity index (χ3v) is 2.69. The molecule has 0 spiro atoms. The summed E-state index contributed by atoms with van der Waals surface area (Å²) in [5, 5.41) is 8.48. The largest absolute Gasteiger partial charge is 0.481 e. The molecule has 0 saturated carbocycles. The lowest BCUT2D eigenvalue weighted by molar-refractivity contribution is -0.137. The molecule has 6 heteroatoms. The standard InChI is InChI=1S/C12H14N2O4/c15-9-4-1-3-8-12(9)13-7-10(14-8)18-6-2-5-11(16)17/h7H,1-6H2,(H,16,17). The van der Waals surface area contributed by atoms with Crippen molar-refractivity contribution in [2.24, 2.45) is 0 Å². The molecule has 1 aromatic heterocycles. The lowest BCUT2D eigenvalue weighted by Gasteiger charge is -2.13. The summed E-state index contributed by atoms with van der Waals surface area (Å²) in [6.45, 7) is 0.285. The van der Waals surface area contributed by atoms with Crippen LogP contribution in [0, 0.1) is 0 Å². The molecule has 0 bridgehead atoms. The summed E-state index contributed by atoms with van der Waals surface area (Å²) >= 11 is 0. The molecule has 1 aliphatic rings. The minimum absolute atomic E-state index is 0.0289. The molecule has 2 rings (SSSR count). The number of aromatic nitrogens is 2. The molecule has 1 heterocycles. The molecule has 0 amide bonds. The lowest BCUT2D eigenvalue weighted by atomic mass is 9.99. The first-order valence-corrected chi connectivity index (χ1v) is 5.90. The second kappa shape index (κ2) is 5.57. The Morgan fingerprint density at radius 3 is 3.06 bits per heavy atom. The molecule has 0 fully saturated rings. The molecule has 96 valence electrons. The van der Waals surface area contributed by atoms with Gasteiger partial charge in [0.15, 0.2) is 5.78 Å². The minimum Gasteiger partial charge on any atom is -0.481 e. The predicted octanol–water partition coefficient (Wildman–Crippen LogP) is 1.24. The SMILES string of the molecule is O=C(O)CCCOc1cnc2c(n1)CCCC2=O. The van der Waals surface area contributed by atoms with E-state index < -0.39 is 5.97 Å².